The molecule has 0 spiro atoms. The van der Waals surface area contributed by atoms with Gasteiger partial charge in [-0.25, -0.2) is 0 Å². The number of hydrogen-bond donors (Lipinski definition) is 2. The number of rotatable bonds is 8. The minimum absolute atomic E-state index is 0.0706. The highest BCUT2D eigenvalue weighted by atomic mass is 16.1. The zero-order valence-electron chi connectivity index (χ0n) is 13.5. The fraction of sp³-hybridized carbons (Fsp3) is 0.412. The summed E-state index contributed by atoms with van der Waals surface area (Å²) in [4.78, 5) is 14.0. The molecule has 1 aromatic rings. The highest BCUT2D eigenvalue weighted by molar-refractivity contribution is 5.97. The van der Waals surface area contributed by atoms with Crippen LogP contribution in [0.5, 0.6) is 0 Å². The van der Waals surface area contributed by atoms with E-state index in [-0.39, 0.29) is 11.5 Å². The lowest BCUT2D eigenvalue weighted by atomic mass is 10.2. The van der Waals surface area contributed by atoms with Gasteiger partial charge < -0.3 is 15.5 Å². The van der Waals surface area contributed by atoms with Gasteiger partial charge in [0.05, 0.1) is 0 Å². The molecule has 0 heterocycles. The molecule has 22 heavy (non-hydrogen) atoms. The third kappa shape index (κ3) is 5.13. The van der Waals surface area contributed by atoms with Gasteiger partial charge in [-0.05, 0) is 44.5 Å². The Morgan fingerprint density at radius 2 is 1.86 bits per heavy atom. The van der Waals surface area contributed by atoms with Crippen molar-refractivity contribution in [2.75, 3.05) is 29.9 Å². The Kier molecular flexibility index (Phi) is 7.55. The van der Waals surface area contributed by atoms with E-state index >= 15 is 0 Å². The molecule has 0 aliphatic heterocycles. The zero-order chi connectivity index (χ0) is 16.4. The second-order valence-electron chi connectivity index (χ2n) is 4.79. The summed E-state index contributed by atoms with van der Waals surface area (Å²) in [6.45, 7) is 8.68. The highest BCUT2D eigenvalue weighted by Crippen LogP contribution is 2.17. The molecule has 0 bridgehead atoms. The normalized spacial score (nSPS) is 10.7. The van der Waals surface area contributed by atoms with E-state index < -0.39 is 0 Å². The first-order valence-electron chi connectivity index (χ1n) is 7.66. The largest absolute Gasteiger partial charge is 0.372 e. The van der Waals surface area contributed by atoms with Crippen LogP contribution in [0.4, 0.5) is 11.4 Å². The standard InChI is InChI=1S/C17H24N4O/c1-4-11-19-17(22)14(12-18)13-20-15-7-9-16(10-8-15)21(5-2)6-3/h7-10,13,20H,4-6,11H2,1-3H3,(H,19,22)/b14-13-. The summed E-state index contributed by atoms with van der Waals surface area (Å²) >= 11 is 0. The molecule has 5 nitrogen and oxygen atoms in total. The molecule has 0 fully saturated rings. The van der Waals surface area contributed by atoms with Gasteiger partial charge in [0, 0.05) is 37.2 Å². The predicted molar refractivity (Wildman–Crippen MR) is 90.6 cm³/mol. The molecule has 0 saturated carbocycles. The van der Waals surface area contributed by atoms with E-state index in [2.05, 4.69) is 29.4 Å². The van der Waals surface area contributed by atoms with E-state index in [0.717, 1.165) is 30.9 Å². The van der Waals surface area contributed by atoms with Crippen molar-refractivity contribution in [1.82, 2.24) is 5.32 Å². The first-order valence-corrected chi connectivity index (χ1v) is 7.66. The van der Waals surface area contributed by atoms with Crippen molar-refractivity contribution < 1.29 is 4.79 Å². The predicted octanol–water partition coefficient (Wildman–Crippen LogP) is 2.88. The Balaban J connectivity index is 2.72. The van der Waals surface area contributed by atoms with Gasteiger partial charge in [0.25, 0.3) is 5.91 Å². The summed E-state index contributed by atoms with van der Waals surface area (Å²) in [7, 11) is 0. The first-order chi connectivity index (χ1) is 10.7. The van der Waals surface area contributed by atoms with Crippen LogP contribution >= 0.6 is 0 Å². The van der Waals surface area contributed by atoms with E-state index in [1.54, 1.807) is 0 Å². The van der Waals surface area contributed by atoms with E-state index in [9.17, 15) is 4.79 Å². The first kappa shape index (κ1) is 17.6. The van der Waals surface area contributed by atoms with Gasteiger partial charge in [-0.2, -0.15) is 5.26 Å². The van der Waals surface area contributed by atoms with Crippen molar-refractivity contribution in [2.45, 2.75) is 27.2 Å². The maximum Gasteiger partial charge on any atom is 0.263 e. The van der Waals surface area contributed by atoms with E-state index in [4.69, 9.17) is 5.26 Å². The van der Waals surface area contributed by atoms with Crippen LogP contribution in [0.1, 0.15) is 27.2 Å². The van der Waals surface area contributed by atoms with Gasteiger partial charge in [0.2, 0.25) is 0 Å². The van der Waals surface area contributed by atoms with Gasteiger partial charge in [-0.1, -0.05) is 6.92 Å². The Hall–Kier alpha value is -2.48. The van der Waals surface area contributed by atoms with Crippen LogP contribution in [-0.2, 0) is 4.79 Å². The molecule has 1 rings (SSSR count). The maximum atomic E-state index is 11.7. The van der Waals surface area contributed by atoms with Crippen molar-refractivity contribution in [3.63, 3.8) is 0 Å². The van der Waals surface area contributed by atoms with Crippen molar-refractivity contribution >= 4 is 17.3 Å². The minimum Gasteiger partial charge on any atom is -0.372 e. The smallest absolute Gasteiger partial charge is 0.263 e. The van der Waals surface area contributed by atoms with Crippen LogP contribution < -0.4 is 15.5 Å². The lowest BCUT2D eigenvalue weighted by Crippen LogP contribution is -2.25. The third-order valence-corrected chi connectivity index (χ3v) is 3.28. The molecule has 1 aromatic carbocycles. The molecule has 0 aromatic heterocycles. The second kappa shape index (κ2) is 9.46. The Morgan fingerprint density at radius 1 is 1.23 bits per heavy atom. The van der Waals surface area contributed by atoms with Gasteiger partial charge in [-0.15, -0.1) is 0 Å². The topological polar surface area (TPSA) is 68.2 Å². The molecule has 118 valence electrons. The molecule has 0 saturated heterocycles. The average molecular weight is 300 g/mol. The number of amides is 1. The van der Waals surface area contributed by atoms with Gasteiger partial charge in [0.15, 0.2) is 0 Å². The van der Waals surface area contributed by atoms with Gasteiger partial charge >= 0.3 is 0 Å². The summed E-state index contributed by atoms with van der Waals surface area (Å²) < 4.78 is 0. The fourth-order valence-corrected chi connectivity index (χ4v) is 2.00. The fourth-order valence-electron chi connectivity index (χ4n) is 2.00. The summed E-state index contributed by atoms with van der Waals surface area (Å²) in [6.07, 6.45) is 2.28. The van der Waals surface area contributed by atoms with Crippen molar-refractivity contribution in [2.24, 2.45) is 0 Å². The third-order valence-electron chi connectivity index (χ3n) is 3.28. The number of carbonyl (C=O) groups is 1. The van der Waals surface area contributed by atoms with Gasteiger partial charge in [0.1, 0.15) is 11.6 Å². The van der Waals surface area contributed by atoms with Crippen LogP contribution in [0.25, 0.3) is 0 Å². The SMILES string of the molecule is CCCNC(=O)/C(C#N)=C\Nc1ccc(N(CC)CC)cc1. The highest BCUT2D eigenvalue weighted by Gasteiger charge is 2.07. The lowest BCUT2D eigenvalue weighted by Gasteiger charge is -2.21. The molecule has 0 radical (unpaired) electrons. The number of anilines is 2. The van der Waals surface area contributed by atoms with E-state index in [1.165, 1.54) is 6.20 Å². The molecule has 1 amide bonds. The average Bonchev–Trinajstić information content (AvgIpc) is 2.55. The molecule has 0 aliphatic rings. The van der Waals surface area contributed by atoms with Crippen LogP contribution in [0.3, 0.4) is 0 Å². The second-order valence-corrected chi connectivity index (χ2v) is 4.79. The Labute approximate surface area is 132 Å². The number of hydrogen-bond acceptors (Lipinski definition) is 4. The molecular weight excluding hydrogens is 276 g/mol. The summed E-state index contributed by atoms with van der Waals surface area (Å²) in [5.41, 5.74) is 2.06. The molecule has 0 atom stereocenters. The number of nitrogens with one attached hydrogen (secondary N) is 2. The Bertz CT molecular complexity index is 539. The molecule has 5 heteroatoms. The summed E-state index contributed by atoms with van der Waals surface area (Å²) in [5.74, 6) is -0.350. The zero-order valence-corrected chi connectivity index (χ0v) is 13.5. The number of nitriles is 1. The van der Waals surface area contributed by atoms with Crippen LogP contribution in [0.15, 0.2) is 36.0 Å². The maximum absolute atomic E-state index is 11.7. The Morgan fingerprint density at radius 3 is 2.36 bits per heavy atom. The van der Waals surface area contributed by atoms with Gasteiger partial charge in [-0.3, -0.25) is 4.79 Å². The lowest BCUT2D eigenvalue weighted by molar-refractivity contribution is -0.117. The van der Waals surface area contributed by atoms with Crippen LogP contribution in [-0.4, -0.2) is 25.5 Å². The van der Waals surface area contributed by atoms with Crippen LogP contribution in [0, 0.1) is 11.3 Å². The summed E-state index contributed by atoms with van der Waals surface area (Å²) in [5, 5.41) is 14.7. The molecule has 2 N–H and O–H groups in total. The number of benzene rings is 1. The molecular formula is C17H24N4O. The summed E-state index contributed by atoms with van der Waals surface area (Å²) in [6, 6.07) is 9.81. The van der Waals surface area contributed by atoms with E-state index in [0.29, 0.717) is 6.54 Å². The molecule has 0 unspecified atom stereocenters. The van der Waals surface area contributed by atoms with Crippen LogP contribution in [0.2, 0.25) is 0 Å². The van der Waals surface area contributed by atoms with Crippen molar-refractivity contribution in [3.8, 4) is 6.07 Å². The van der Waals surface area contributed by atoms with E-state index in [1.807, 2.05) is 37.3 Å². The number of carbonyl (C=O) groups excluding carboxylic acids is 1. The quantitative estimate of drug-likeness (QED) is 0.572. The number of nitrogens with zero attached hydrogens (tertiary/aromatic N) is 2. The van der Waals surface area contributed by atoms with Crippen molar-refractivity contribution in [1.29, 1.82) is 5.26 Å². The van der Waals surface area contributed by atoms with Crippen molar-refractivity contribution in [3.05, 3.63) is 36.0 Å². The minimum atomic E-state index is -0.350. The molecule has 0 aliphatic carbocycles. The monoisotopic (exact) mass is 300 g/mol.